The molecule has 0 atom stereocenters. The molecule has 0 unspecified atom stereocenters. The van der Waals surface area contributed by atoms with Crippen molar-refractivity contribution in [2.45, 2.75) is 40.8 Å². The van der Waals surface area contributed by atoms with Crippen LogP contribution in [0.5, 0.6) is 0 Å². The van der Waals surface area contributed by atoms with Crippen molar-refractivity contribution in [2.75, 3.05) is 0 Å². The van der Waals surface area contributed by atoms with Gasteiger partial charge in [0.15, 0.2) is 0 Å². The van der Waals surface area contributed by atoms with Crippen LogP contribution in [0.15, 0.2) is 36.4 Å². The topological polar surface area (TPSA) is 0 Å². The van der Waals surface area contributed by atoms with Crippen molar-refractivity contribution in [3.8, 4) is 0 Å². The third-order valence-corrected chi connectivity index (χ3v) is 2.13. The average molecular weight is 423 g/mol. The molecule has 0 saturated heterocycles. The Morgan fingerprint density at radius 1 is 0.833 bits per heavy atom. The molecule has 0 aromatic heterocycles. The van der Waals surface area contributed by atoms with Gasteiger partial charge < -0.3 is 0 Å². The Labute approximate surface area is 127 Å². The number of hydrogen-bond acceptors (Lipinski definition) is 0. The van der Waals surface area contributed by atoms with E-state index in [2.05, 4.69) is 77.2 Å². The van der Waals surface area contributed by atoms with E-state index >= 15 is 0 Å². The first-order valence-corrected chi connectivity index (χ1v) is 14.1. The van der Waals surface area contributed by atoms with Gasteiger partial charge in [0.2, 0.25) is 0 Å². The molecule has 0 radical (unpaired) electrons. The first-order chi connectivity index (χ1) is 8.31. The molecule has 2 rings (SSSR count). The normalized spacial score (nSPS) is 8.89. The zero-order valence-corrected chi connectivity index (χ0v) is 17.1. The van der Waals surface area contributed by atoms with E-state index in [-0.39, 0.29) is 5.49 Å². The van der Waals surface area contributed by atoms with E-state index in [1.54, 1.807) is 0 Å². The summed E-state index contributed by atoms with van der Waals surface area (Å²) in [5, 5.41) is 0. The van der Waals surface area contributed by atoms with E-state index < -0.39 is 0 Å². The van der Waals surface area contributed by atoms with Gasteiger partial charge in [0.05, 0.1) is 0 Å². The second kappa shape index (κ2) is 9.68. The Bertz CT molecular complexity index is 388. The summed E-state index contributed by atoms with van der Waals surface area (Å²) < 4.78 is 0. The standard InChI is InChI=1S/2C7H9.C2H6Si.Hf/c2*1-6-3-4-7(2)5-6;1-3-2;/h2*3-5H,1-2H3;1-2H3;/q2*-1;;+2. The summed E-state index contributed by atoms with van der Waals surface area (Å²) in [7, 11) is 0. The SMILES string of the molecule is C[Si](C)=[Hf+2].Cc1c[cH-]c(C)c1.Cc1c[cH-]c(C)c1. The summed E-state index contributed by atoms with van der Waals surface area (Å²) in [6, 6.07) is 12.8. The largest absolute Gasteiger partial charge is 0.208 e. The molecule has 2 aromatic carbocycles. The van der Waals surface area contributed by atoms with Crippen molar-refractivity contribution in [1.82, 2.24) is 0 Å². The Balaban J connectivity index is 0.000000253. The smallest absolute Gasteiger partial charge is 0.0635 e. The molecular weight excluding hydrogens is 399 g/mol. The third-order valence-electron chi connectivity index (χ3n) is 2.13. The molecule has 0 aliphatic rings. The number of hydrogen-bond donors (Lipinski definition) is 0. The summed E-state index contributed by atoms with van der Waals surface area (Å²) in [6.07, 6.45) is 0. The van der Waals surface area contributed by atoms with E-state index in [1.165, 1.54) is 45.3 Å². The minimum Gasteiger partial charge on any atom is -0.208 e. The van der Waals surface area contributed by atoms with Crippen LogP contribution in [0.3, 0.4) is 0 Å². The van der Waals surface area contributed by atoms with Gasteiger partial charge in [-0.3, -0.25) is 0 Å². The summed E-state index contributed by atoms with van der Waals surface area (Å²) >= 11 is 1.45. The van der Waals surface area contributed by atoms with E-state index in [0.29, 0.717) is 0 Å². The van der Waals surface area contributed by atoms with E-state index in [4.69, 9.17) is 0 Å². The van der Waals surface area contributed by atoms with Crippen LogP contribution in [-0.4, -0.2) is 5.49 Å². The van der Waals surface area contributed by atoms with Gasteiger partial charge >= 0.3 is 41.6 Å². The molecule has 0 nitrogen and oxygen atoms in total. The van der Waals surface area contributed by atoms with Gasteiger partial charge in [-0.2, -0.15) is 35.4 Å². The summed E-state index contributed by atoms with van der Waals surface area (Å²) in [6.45, 7) is 13.1. The fraction of sp³-hybridized carbons (Fsp3) is 0.375. The third kappa shape index (κ3) is 10.9. The molecule has 0 fully saturated rings. The van der Waals surface area contributed by atoms with Crippen LogP contribution in [0.25, 0.3) is 0 Å². The van der Waals surface area contributed by atoms with Crippen molar-refractivity contribution < 1.29 is 23.0 Å². The van der Waals surface area contributed by atoms with Crippen LogP contribution >= 0.6 is 0 Å². The molecular formula is C16H24HfSi. The minimum atomic E-state index is 0.259. The van der Waals surface area contributed by atoms with E-state index in [0.717, 1.165) is 0 Å². The number of rotatable bonds is 0. The zero-order valence-electron chi connectivity index (χ0n) is 12.5. The molecule has 0 heterocycles. The quantitative estimate of drug-likeness (QED) is 0.421. The van der Waals surface area contributed by atoms with Crippen LogP contribution < -0.4 is 0 Å². The Morgan fingerprint density at radius 2 is 1.11 bits per heavy atom. The summed E-state index contributed by atoms with van der Waals surface area (Å²) in [5.41, 5.74) is 5.69. The predicted octanol–water partition coefficient (Wildman–Crippen LogP) is 4.83. The van der Waals surface area contributed by atoms with Crippen molar-refractivity contribution in [3.63, 3.8) is 0 Å². The van der Waals surface area contributed by atoms with Gasteiger partial charge in [-0.15, -0.1) is 0 Å². The van der Waals surface area contributed by atoms with E-state index in [1.807, 2.05) is 0 Å². The summed E-state index contributed by atoms with van der Waals surface area (Å²) in [4.78, 5) is 0. The molecule has 2 aromatic rings. The van der Waals surface area contributed by atoms with Crippen LogP contribution in [-0.2, 0) is 23.0 Å². The second-order valence-corrected chi connectivity index (χ2v) is 17.7. The van der Waals surface area contributed by atoms with Crippen molar-refractivity contribution in [3.05, 3.63) is 58.7 Å². The minimum absolute atomic E-state index is 0.259. The molecule has 0 saturated carbocycles. The summed E-state index contributed by atoms with van der Waals surface area (Å²) in [5.74, 6) is 0. The van der Waals surface area contributed by atoms with Crippen molar-refractivity contribution >= 4 is 5.49 Å². The first kappa shape index (κ1) is 17.8. The van der Waals surface area contributed by atoms with Gasteiger partial charge in [0, 0.05) is 0 Å². The van der Waals surface area contributed by atoms with Crippen LogP contribution in [0, 0.1) is 27.7 Å². The van der Waals surface area contributed by atoms with Gasteiger partial charge in [0.25, 0.3) is 0 Å². The molecule has 18 heavy (non-hydrogen) atoms. The molecule has 0 N–H and O–H groups in total. The fourth-order valence-corrected chi connectivity index (χ4v) is 1.44. The molecule has 0 bridgehead atoms. The molecule has 0 aliphatic carbocycles. The molecule has 0 aliphatic heterocycles. The van der Waals surface area contributed by atoms with Gasteiger partial charge in [-0.1, -0.05) is 27.7 Å². The maximum Gasteiger partial charge on any atom is -0.0635 e. The zero-order chi connectivity index (χ0) is 14.1. The number of aryl methyl sites for hydroxylation is 4. The maximum atomic E-state index is 2.33. The molecule has 96 valence electrons. The van der Waals surface area contributed by atoms with Crippen molar-refractivity contribution in [2.24, 2.45) is 0 Å². The molecule has 2 heteroatoms. The van der Waals surface area contributed by atoms with Gasteiger partial charge in [0.1, 0.15) is 0 Å². The van der Waals surface area contributed by atoms with Crippen LogP contribution in [0.1, 0.15) is 22.3 Å². The monoisotopic (exact) mass is 424 g/mol. The van der Waals surface area contributed by atoms with Crippen LogP contribution in [0.2, 0.25) is 13.1 Å². The Morgan fingerprint density at radius 3 is 1.17 bits per heavy atom. The Hall–Kier alpha value is -0.213. The van der Waals surface area contributed by atoms with Crippen LogP contribution in [0.4, 0.5) is 0 Å². The van der Waals surface area contributed by atoms with Gasteiger partial charge in [-0.25, -0.2) is 23.3 Å². The molecule has 0 spiro atoms. The van der Waals surface area contributed by atoms with Gasteiger partial charge in [-0.05, 0) is 0 Å². The maximum absolute atomic E-state index is 2.33. The molecule has 0 amide bonds. The average Bonchev–Trinajstić information content (AvgIpc) is 2.76. The van der Waals surface area contributed by atoms with Crippen molar-refractivity contribution in [1.29, 1.82) is 0 Å². The van der Waals surface area contributed by atoms with E-state index in [9.17, 15) is 0 Å². The Kier molecular flexibility index (Phi) is 9.57. The second-order valence-electron chi connectivity index (χ2n) is 4.93. The first-order valence-electron chi connectivity index (χ1n) is 6.23. The predicted molar refractivity (Wildman–Crippen MR) is 80.5 cm³/mol. The fourth-order valence-electron chi connectivity index (χ4n) is 1.44.